The van der Waals surface area contributed by atoms with Crippen LogP contribution in [-0.2, 0) is 11.2 Å². The maximum Gasteiger partial charge on any atom is 0.404 e. The highest BCUT2D eigenvalue weighted by Crippen LogP contribution is 2.26. The lowest BCUT2D eigenvalue weighted by molar-refractivity contribution is -0.121. The van der Waals surface area contributed by atoms with E-state index in [1.165, 1.54) is 0 Å². The van der Waals surface area contributed by atoms with Gasteiger partial charge in [0.15, 0.2) is 5.82 Å². The maximum absolute atomic E-state index is 12.7. The van der Waals surface area contributed by atoms with E-state index in [2.05, 4.69) is 30.9 Å². The fourth-order valence-corrected chi connectivity index (χ4v) is 3.66. The summed E-state index contributed by atoms with van der Waals surface area (Å²) in [5, 5.41) is 18.4. The Balaban J connectivity index is 1.79. The van der Waals surface area contributed by atoms with Gasteiger partial charge in [-0.3, -0.25) is 10.1 Å². The van der Waals surface area contributed by atoms with Gasteiger partial charge in [0, 0.05) is 35.3 Å². The number of nitrogens with zero attached hydrogens (tertiary/aromatic N) is 3. The van der Waals surface area contributed by atoms with Gasteiger partial charge in [-0.05, 0) is 45.6 Å². The molecule has 2 atom stereocenters. The van der Waals surface area contributed by atoms with Gasteiger partial charge in [-0.2, -0.15) is 0 Å². The van der Waals surface area contributed by atoms with Crippen molar-refractivity contribution >= 4 is 34.7 Å². The predicted octanol–water partition coefficient (Wildman–Crippen LogP) is 3.17. The van der Waals surface area contributed by atoms with E-state index in [1.54, 1.807) is 6.20 Å². The van der Waals surface area contributed by atoms with Gasteiger partial charge in [0.25, 0.3) is 0 Å². The Hall–Kier alpha value is -2.97. The highest BCUT2D eigenvalue weighted by molar-refractivity contribution is 5.93. The zero-order valence-corrected chi connectivity index (χ0v) is 17.0. The van der Waals surface area contributed by atoms with Crippen LogP contribution in [0.15, 0.2) is 12.3 Å². The standard InChI is InChI=1S/C20H28N6O3/c1-4-14-9-13-10-21-19(25-16(13)17(23-14)22-11(2)3)26-18(27)12-6-5-7-15(8-12)24-20(28)29/h9-12,15,24H,4-8H2,1-3H3,(H,22,23)(H,28,29)(H,21,25,26,27)/t12-,15+/m0/s1. The molecule has 0 bridgehead atoms. The molecule has 0 saturated heterocycles. The van der Waals surface area contributed by atoms with Crippen LogP contribution in [0.5, 0.6) is 0 Å². The first-order chi connectivity index (χ1) is 13.9. The van der Waals surface area contributed by atoms with Crippen molar-refractivity contribution in [3.63, 3.8) is 0 Å². The van der Waals surface area contributed by atoms with Crippen molar-refractivity contribution in [1.82, 2.24) is 20.3 Å². The van der Waals surface area contributed by atoms with Crippen LogP contribution in [0, 0.1) is 5.92 Å². The fraction of sp³-hybridized carbons (Fsp3) is 0.550. The van der Waals surface area contributed by atoms with Crippen molar-refractivity contribution in [3.05, 3.63) is 18.0 Å². The zero-order valence-electron chi connectivity index (χ0n) is 17.0. The monoisotopic (exact) mass is 400 g/mol. The number of carbonyl (C=O) groups is 2. The minimum atomic E-state index is -1.06. The second-order valence-corrected chi connectivity index (χ2v) is 7.75. The molecule has 0 aromatic carbocycles. The summed E-state index contributed by atoms with van der Waals surface area (Å²) in [6.45, 7) is 6.10. The molecule has 0 radical (unpaired) electrons. The Kier molecular flexibility index (Phi) is 6.46. The van der Waals surface area contributed by atoms with Crippen LogP contribution in [0.1, 0.15) is 52.1 Å². The van der Waals surface area contributed by atoms with Crippen LogP contribution in [0.2, 0.25) is 0 Å². The quantitative estimate of drug-likeness (QED) is 0.586. The van der Waals surface area contributed by atoms with Gasteiger partial charge >= 0.3 is 6.09 Å². The molecule has 0 aliphatic heterocycles. The van der Waals surface area contributed by atoms with Crippen molar-refractivity contribution in [1.29, 1.82) is 0 Å². The van der Waals surface area contributed by atoms with Gasteiger partial charge in [-0.25, -0.2) is 19.7 Å². The number of anilines is 2. The molecule has 2 aromatic heterocycles. The van der Waals surface area contributed by atoms with Crippen LogP contribution < -0.4 is 16.0 Å². The van der Waals surface area contributed by atoms with Crippen molar-refractivity contribution in [2.45, 2.75) is 65.0 Å². The molecular formula is C20H28N6O3. The summed E-state index contributed by atoms with van der Waals surface area (Å²) in [7, 11) is 0. The van der Waals surface area contributed by atoms with Gasteiger partial charge in [0.1, 0.15) is 5.52 Å². The van der Waals surface area contributed by atoms with Crippen molar-refractivity contribution < 1.29 is 14.7 Å². The lowest BCUT2D eigenvalue weighted by Gasteiger charge is -2.27. The molecule has 2 amide bonds. The number of aromatic nitrogens is 3. The average molecular weight is 400 g/mol. The van der Waals surface area contributed by atoms with E-state index in [9.17, 15) is 9.59 Å². The lowest BCUT2D eigenvalue weighted by atomic mass is 9.85. The molecule has 1 aliphatic rings. The third-order valence-corrected chi connectivity index (χ3v) is 5.01. The number of nitrogens with one attached hydrogen (secondary N) is 3. The summed E-state index contributed by atoms with van der Waals surface area (Å²) in [6.07, 6.45) is 4.19. The highest BCUT2D eigenvalue weighted by Gasteiger charge is 2.28. The number of amides is 2. The van der Waals surface area contributed by atoms with Crippen molar-refractivity contribution in [2.24, 2.45) is 5.92 Å². The molecule has 1 fully saturated rings. The third-order valence-electron chi connectivity index (χ3n) is 5.01. The second-order valence-electron chi connectivity index (χ2n) is 7.75. The van der Waals surface area contributed by atoms with Crippen LogP contribution in [0.3, 0.4) is 0 Å². The first-order valence-corrected chi connectivity index (χ1v) is 10.1. The van der Waals surface area contributed by atoms with Gasteiger partial charge in [0.05, 0.1) is 0 Å². The van der Waals surface area contributed by atoms with E-state index in [0.29, 0.717) is 17.8 Å². The molecular weight excluding hydrogens is 372 g/mol. The summed E-state index contributed by atoms with van der Waals surface area (Å²) in [4.78, 5) is 37.0. The molecule has 9 nitrogen and oxygen atoms in total. The Morgan fingerprint density at radius 1 is 1.28 bits per heavy atom. The number of fused-ring (bicyclic) bond motifs is 1. The molecule has 156 valence electrons. The Morgan fingerprint density at radius 3 is 2.76 bits per heavy atom. The first-order valence-electron chi connectivity index (χ1n) is 10.1. The largest absolute Gasteiger partial charge is 0.465 e. The third kappa shape index (κ3) is 5.30. The molecule has 29 heavy (non-hydrogen) atoms. The minimum absolute atomic E-state index is 0.183. The number of carboxylic acid groups (broad SMARTS) is 1. The van der Waals surface area contributed by atoms with E-state index in [1.807, 2.05) is 26.8 Å². The molecule has 2 heterocycles. The molecule has 1 saturated carbocycles. The van der Waals surface area contributed by atoms with Crippen molar-refractivity contribution in [2.75, 3.05) is 10.6 Å². The summed E-state index contributed by atoms with van der Waals surface area (Å²) in [6, 6.07) is 1.94. The zero-order chi connectivity index (χ0) is 21.0. The number of hydrogen-bond donors (Lipinski definition) is 4. The molecule has 4 N–H and O–H groups in total. The van der Waals surface area contributed by atoms with E-state index < -0.39 is 6.09 Å². The molecule has 1 aliphatic carbocycles. The van der Waals surface area contributed by atoms with E-state index in [4.69, 9.17) is 5.11 Å². The summed E-state index contributed by atoms with van der Waals surface area (Å²) < 4.78 is 0. The highest BCUT2D eigenvalue weighted by atomic mass is 16.4. The number of carbonyl (C=O) groups excluding carboxylic acids is 1. The second kappa shape index (κ2) is 9.02. The minimum Gasteiger partial charge on any atom is -0.465 e. The topological polar surface area (TPSA) is 129 Å². The molecule has 0 spiro atoms. The maximum atomic E-state index is 12.7. The van der Waals surface area contributed by atoms with Gasteiger partial charge in [-0.15, -0.1) is 0 Å². The smallest absolute Gasteiger partial charge is 0.404 e. The van der Waals surface area contributed by atoms with Crippen LogP contribution in [0.4, 0.5) is 16.6 Å². The summed E-state index contributed by atoms with van der Waals surface area (Å²) in [5.41, 5.74) is 1.61. The Morgan fingerprint density at radius 2 is 2.07 bits per heavy atom. The summed E-state index contributed by atoms with van der Waals surface area (Å²) in [5.74, 6) is 0.454. The van der Waals surface area contributed by atoms with Gasteiger partial charge < -0.3 is 15.7 Å². The van der Waals surface area contributed by atoms with Crippen LogP contribution in [0.25, 0.3) is 10.9 Å². The van der Waals surface area contributed by atoms with E-state index in [-0.39, 0.29) is 29.9 Å². The summed E-state index contributed by atoms with van der Waals surface area (Å²) >= 11 is 0. The normalized spacial score (nSPS) is 19.2. The first kappa shape index (κ1) is 20.8. The predicted molar refractivity (Wildman–Crippen MR) is 111 cm³/mol. The SMILES string of the molecule is CCc1cc2cnc(NC(=O)[C@H]3CCC[C@@H](NC(=O)O)C3)nc2c(NC(C)C)n1. The number of hydrogen-bond acceptors (Lipinski definition) is 6. The number of rotatable bonds is 6. The van der Waals surface area contributed by atoms with Crippen molar-refractivity contribution in [3.8, 4) is 0 Å². The van der Waals surface area contributed by atoms with Crippen LogP contribution >= 0.6 is 0 Å². The average Bonchev–Trinajstić information content (AvgIpc) is 2.67. The fourth-order valence-electron chi connectivity index (χ4n) is 3.66. The Labute approximate surface area is 169 Å². The number of aryl methyl sites for hydroxylation is 1. The number of pyridine rings is 1. The van der Waals surface area contributed by atoms with Gasteiger partial charge in [0.2, 0.25) is 11.9 Å². The van der Waals surface area contributed by atoms with E-state index in [0.717, 1.165) is 36.8 Å². The molecule has 3 rings (SSSR count). The van der Waals surface area contributed by atoms with Crippen LogP contribution in [-0.4, -0.2) is 44.1 Å². The molecule has 2 aromatic rings. The Bertz CT molecular complexity index is 901. The molecule has 9 heteroatoms. The van der Waals surface area contributed by atoms with Gasteiger partial charge in [-0.1, -0.05) is 13.3 Å². The molecule has 0 unspecified atom stereocenters. The van der Waals surface area contributed by atoms with E-state index >= 15 is 0 Å². The lowest BCUT2D eigenvalue weighted by Crippen LogP contribution is -2.40.